The molecule has 1 aromatic heterocycles. The third-order valence-electron chi connectivity index (χ3n) is 2.80. The summed E-state index contributed by atoms with van der Waals surface area (Å²) in [6.45, 7) is 6.01. The third-order valence-corrected chi connectivity index (χ3v) is 4.95. The molecule has 0 saturated heterocycles. The van der Waals surface area contributed by atoms with Crippen molar-refractivity contribution < 1.29 is 4.79 Å². The zero-order valence-electron chi connectivity index (χ0n) is 12.6. The molecule has 0 fully saturated rings. The molecule has 3 nitrogen and oxygen atoms in total. The number of rotatable bonds is 6. The van der Waals surface area contributed by atoms with Gasteiger partial charge in [-0.15, -0.1) is 11.3 Å². The Balaban J connectivity index is 1.85. The van der Waals surface area contributed by atoms with Crippen molar-refractivity contribution in [2.24, 2.45) is 0 Å². The predicted octanol–water partition coefficient (Wildman–Crippen LogP) is 3.81. The first-order chi connectivity index (χ1) is 10.0. The van der Waals surface area contributed by atoms with Gasteiger partial charge in [-0.1, -0.05) is 41.6 Å². The van der Waals surface area contributed by atoms with Gasteiger partial charge in [-0.25, -0.2) is 4.98 Å². The number of thiazole rings is 1. The lowest BCUT2D eigenvalue weighted by atomic mass is 10.2. The van der Waals surface area contributed by atoms with E-state index in [0.29, 0.717) is 6.42 Å². The number of carbonyl (C=O) groups excluding carboxylic acids is 1. The highest BCUT2D eigenvalue weighted by Crippen LogP contribution is 2.26. The maximum absolute atomic E-state index is 11.7. The van der Waals surface area contributed by atoms with Gasteiger partial charge in [0, 0.05) is 17.2 Å². The quantitative estimate of drug-likeness (QED) is 0.823. The molecule has 2 rings (SSSR count). The SMILES string of the molecule is Cc1ccc(CSc2nc(CC(=O)NC(C)C)cs2)cc1. The van der Waals surface area contributed by atoms with Crippen LogP contribution in [0.4, 0.5) is 0 Å². The summed E-state index contributed by atoms with van der Waals surface area (Å²) in [4.78, 5) is 16.2. The number of nitrogens with zero attached hydrogens (tertiary/aromatic N) is 1. The zero-order valence-corrected chi connectivity index (χ0v) is 14.2. The van der Waals surface area contributed by atoms with Gasteiger partial charge in [0.2, 0.25) is 5.91 Å². The highest BCUT2D eigenvalue weighted by Gasteiger charge is 2.09. The lowest BCUT2D eigenvalue weighted by Crippen LogP contribution is -2.31. The Morgan fingerprint density at radius 1 is 1.33 bits per heavy atom. The van der Waals surface area contributed by atoms with Gasteiger partial charge in [0.05, 0.1) is 12.1 Å². The predicted molar refractivity (Wildman–Crippen MR) is 89.8 cm³/mol. The average Bonchev–Trinajstić information content (AvgIpc) is 2.84. The molecule has 0 bridgehead atoms. The fourth-order valence-electron chi connectivity index (χ4n) is 1.80. The van der Waals surface area contributed by atoms with Crippen molar-refractivity contribution in [3.8, 4) is 0 Å². The van der Waals surface area contributed by atoms with Gasteiger partial charge in [0.1, 0.15) is 4.34 Å². The van der Waals surface area contributed by atoms with Crippen LogP contribution in [-0.4, -0.2) is 16.9 Å². The van der Waals surface area contributed by atoms with Crippen molar-refractivity contribution >= 4 is 29.0 Å². The van der Waals surface area contributed by atoms with Crippen LogP contribution in [0.5, 0.6) is 0 Å². The van der Waals surface area contributed by atoms with E-state index in [9.17, 15) is 4.79 Å². The van der Waals surface area contributed by atoms with E-state index in [1.165, 1.54) is 11.1 Å². The first-order valence-electron chi connectivity index (χ1n) is 6.95. The molecule has 2 aromatic rings. The molecule has 21 heavy (non-hydrogen) atoms. The number of amides is 1. The van der Waals surface area contributed by atoms with Gasteiger partial charge in [0.15, 0.2) is 0 Å². The molecule has 0 atom stereocenters. The van der Waals surface area contributed by atoms with Crippen molar-refractivity contribution in [2.75, 3.05) is 0 Å². The Bertz CT molecular complexity index is 591. The second kappa shape index (κ2) is 7.61. The van der Waals surface area contributed by atoms with E-state index in [-0.39, 0.29) is 11.9 Å². The molecular weight excluding hydrogens is 300 g/mol. The van der Waals surface area contributed by atoms with Crippen LogP contribution in [-0.2, 0) is 17.0 Å². The number of thioether (sulfide) groups is 1. The molecule has 0 saturated carbocycles. The van der Waals surface area contributed by atoms with Crippen molar-refractivity contribution in [1.29, 1.82) is 0 Å². The number of aryl methyl sites for hydroxylation is 1. The van der Waals surface area contributed by atoms with Crippen LogP contribution in [0.25, 0.3) is 0 Å². The van der Waals surface area contributed by atoms with E-state index < -0.39 is 0 Å². The van der Waals surface area contributed by atoms with Crippen molar-refractivity contribution in [3.05, 3.63) is 46.5 Å². The van der Waals surface area contributed by atoms with Crippen LogP contribution in [0, 0.1) is 6.92 Å². The summed E-state index contributed by atoms with van der Waals surface area (Å²) in [6.07, 6.45) is 0.361. The van der Waals surface area contributed by atoms with Gasteiger partial charge in [0.25, 0.3) is 0 Å². The second-order valence-electron chi connectivity index (χ2n) is 5.28. The van der Waals surface area contributed by atoms with Gasteiger partial charge in [-0.2, -0.15) is 0 Å². The molecule has 0 radical (unpaired) electrons. The smallest absolute Gasteiger partial charge is 0.226 e. The lowest BCUT2D eigenvalue weighted by molar-refractivity contribution is -0.120. The standard InChI is InChI=1S/C16H20N2OS2/c1-11(2)17-15(19)8-14-10-21-16(18-14)20-9-13-6-4-12(3)5-7-13/h4-7,10-11H,8-9H2,1-3H3,(H,17,19). The number of benzene rings is 1. The van der Waals surface area contributed by atoms with Crippen molar-refractivity contribution in [2.45, 2.75) is 43.3 Å². The Morgan fingerprint density at radius 3 is 2.71 bits per heavy atom. The summed E-state index contributed by atoms with van der Waals surface area (Å²) in [5, 5.41) is 4.85. The molecule has 112 valence electrons. The summed E-state index contributed by atoms with van der Waals surface area (Å²) >= 11 is 3.32. The number of hydrogen-bond donors (Lipinski definition) is 1. The summed E-state index contributed by atoms with van der Waals surface area (Å²) in [5.41, 5.74) is 3.42. The van der Waals surface area contributed by atoms with Crippen molar-refractivity contribution in [3.63, 3.8) is 0 Å². The monoisotopic (exact) mass is 320 g/mol. The third kappa shape index (κ3) is 5.52. The number of aromatic nitrogens is 1. The van der Waals surface area contributed by atoms with E-state index >= 15 is 0 Å². The lowest BCUT2D eigenvalue weighted by Gasteiger charge is -2.06. The number of hydrogen-bond acceptors (Lipinski definition) is 4. The Morgan fingerprint density at radius 2 is 2.05 bits per heavy atom. The van der Waals surface area contributed by atoms with E-state index in [4.69, 9.17) is 0 Å². The minimum absolute atomic E-state index is 0.0328. The van der Waals surface area contributed by atoms with Crippen LogP contribution >= 0.6 is 23.1 Å². The molecule has 1 heterocycles. The van der Waals surface area contributed by atoms with E-state index in [0.717, 1.165) is 15.8 Å². The fourth-order valence-corrected chi connectivity index (χ4v) is 3.60. The van der Waals surface area contributed by atoms with Crippen molar-refractivity contribution in [1.82, 2.24) is 10.3 Å². The average molecular weight is 320 g/mol. The summed E-state index contributed by atoms with van der Waals surface area (Å²) in [5.74, 6) is 0.941. The maximum atomic E-state index is 11.7. The fraction of sp³-hybridized carbons (Fsp3) is 0.375. The minimum atomic E-state index is 0.0328. The Kier molecular flexibility index (Phi) is 5.82. The Hall–Kier alpha value is -1.33. The topological polar surface area (TPSA) is 42.0 Å². The normalized spacial score (nSPS) is 10.9. The molecule has 0 spiro atoms. The molecule has 0 aliphatic rings. The van der Waals surface area contributed by atoms with Crippen LogP contribution in [0.15, 0.2) is 34.0 Å². The summed E-state index contributed by atoms with van der Waals surface area (Å²) in [7, 11) is 0. The van der Waals surface area contributed by atoms with Gasteiger partial charge >= 0.3 is 0 Å². The van der Waals surface area contributed by atoms with Crippen LogP contribution in [0.2, 0.25) is 0 Å². The van der Waals surface area contributed by atoms with Crippen LogP contribution < -0.4 is 5.32 Å². The second-order valence-corrected chi connectivity index (χ2v) is 7.36. The van der Waals surface area contributed by atoms with E-state index in [1.54, 1.807) is 23.1 Å². The summed E-state index contributed by atoms with van der Waals surface area (Å²) in [6, 6.07) is 8.71. The first kappa shape index (κ1) is 16.0. The van der Waals surface area contributed by atoms with Crippen LogP contribution in [0.3, 0.4) is 0 Å². The maximum Gasteiger partial charge on any atom is 0.226 e. The minimum Gasteiger partial charge on any atom is -0.354 e. The van der Waals surface area contributed by atoms with Gasteiger partial charge < -0.3 is 5.32 Å². The van der Waals surface area contributed by atoms with Gasteiger partial charge in [-0.3, -0.25) is 4.79 Å². The summed E-state index contributed by atoms with van der Waals surface area (Å²) < 4.78 is 1.02. The molecular formula is C16H20N2OS2. The first-order valence-corrected chi connectivity index (χ1v) is 8.81. The molecule has 5 heteroatoms. The van der Waals surface area contributed by atoms with Gasteiger partial charge in [-0.05, 0) is 26.3 Å². The number of carbonyl (C=O) groups is 1. The Labute approximate surface area is 134 Å². The molecule has 1 amide bonds. The molecule has 0 aliphatic heterocycles. The highest BCUT2D eigenvalue weighted by atomic mass is 32.2. The van der Waals surface area contributed by atoms with Crippen LogP contribution in [0.1, 0.15) is 30.7 Å². The molecule has 1 N–H and O–H groups in total. The molecule has 0 aliphatic carbocycles. The number of nitrogens with one attached hydrogen (secondary N) is 1. The van der Waals surface area contributed by atoms with E-state index in [1.807, 2.05) is 19.2 Å². The largest absolute Gasteiger partial charge is 0.354 e. The van der Waals surface area contributed by atoms with E-state index in [2.05, 4.69) is 41.5 Å². The zero-order chi connectivity index (χ0) is 15.2. The molecule has 0 unspecified atom stereocenters. The molecule has 1 aromatic carbocycles. The highest BCUT2D eigenvalue weighted by molar-refractivity contribution is 8.00.